The van der Waals surface area contributed by atoms with Gasteiger partial charge in [0.05, 0.1) is 29.8 Å². The fourth-order valence-electron chi connectivity index (χ4n) is 9.48. The molecular formula is C49H61N3O8S. The van der Waals surface area contributed by atoms with Gasteiger partial charge in [-0.05, 0) is 131 Å². The van der Waals surface area contributed by atoms with Gasteiger partial charge in [-0.1, -0.05) is 54.4 Å². The van der Waals surface area contributed by atoms with Crippen LogP contribution in [-0.4, -0.2) is 77.9 Å². The molecule has 6 unspecified atom stereocenters. The SMILES string of the molecule is C=CCOC12Oc3ccc(Oc4ccc(C)c(C)c4)cc3C3C(CCCCO)C(CCCCO)C=C(C(=NOC(C)(C)C)CC1N(C)S(=O)(=O)c1cccc4cccnc14)C32. The summed E-state index contributed by atoms with van der Waals surface area (Å²) in [5.41, 5.74) is 4.47. The maximum atomic E-state index is 15.2. The van der Waals surface area contributed by atoms with Crippen LogP contribution in [0.3, 0.4) is 0 Å². The molecule has 1 aliphatic heterocycles. The van der Waals surface area contributed by atoms with E-state index in [1.807, 2.05) is 63.2 Å². The quantitative estimate of drug-likeness (QED) is 0.0604. The van der Waals surface area contributed by atoms with Gasteiger partial charge in [-0.3, -0.25) is 4.98 Å². The van der Waals surface area contributed by atoms with Gasteiger partial charge >= 0.3 is 0 Å². The van der Waals surface area contributed by atoms with Crippen LogP contribution in [0.15, 0.2) is 107 Å². The van der Waals surface area contributed by atoms with E-state index >= 15 is 8.42 Å². The Bertz CT molecular complexity index is 2390. The number of aliphatic hydroxyl groups is 2. The van der Waals surface area contributed by atoms with Crippen molar-refractivity contribution in [1.29, 1.82) is 0 Å². The minimum atomic E-state index is -4.25. The van der Waals surface area contributed by atoms with E-state index in [0.29, 0.717) is 41.0 Å². The molecule has 0 radical (unpaired) electrons. The Morgan fingerprint density at radius 2 is 1.69 bits per heavy atom. The molecule has 1 aromatic heterocycles. The number of unbranched alkanes of at least 4 members (excludes halogenated alkanes) is 2. The van der Waals surface area contributed by atoms with Crippen molar-refractivity contribution in [2.45, 2.75) is 108 Å². The summed E-state index contributed by atoms with van der Waals surface area (Å²) in [6, 6.07) is 19.8. The zero-order chi connectivity index (χ0) is 43.5. The van der Waals surface area contributed by atoms with E-state index in [1.54, 1.807) is 37.5 Å². The highest BCUT2D eigenvalue weighted by molar-refractivity contribution is 7.89. The predicted octanol–water partition coefficient (Wildman–Crippen LogP) is 9.40. The summed E-state index contributed by atoms with van der Waals surface area (Å²) >= 11 is 0. The molecule has 6 atom stereocenters. The van der Waals surface area contributed by atoms with Gasteiger partial charge in [0.15, 0.2) is 0 Å². The van der Waals surface area contributed by atoms with Gasteiger partial charge in [-0.15, -0.1) is 6.58 Å². The van der Waals surface area contributed by atoms with Gasteiger partial charge in [-0.25, -0.2) is 8.42 Å². The maximum absolute atomic E-state index is 15.2. The van der Waals surface area contributed by atoms with E-state index in [0.717, 1.165) is 48.1 Å². The number of benzene rings is 3. The fraction of sp³-hybridized carbons (Fsp3) is 0.469. The fourth-order valence-corrected chi connectivity index (χ4v) is 11.0. The van der Waals surface area contributed by atoms with Crippen LogP contribution in [0.2, 0.25) is 0 Å². The van der Waals surface area contributed by atoms with Gasteiger partial charge in [0.1, 0.15) is 27.7 Å². The number of pyridine rings is 1. The largest absolute Gasteiger partial charge is 0.460 e. The van der Waals surface area contributed by atoms with Crippen LogP contribution in [0.1, 0.15) is 88.3 Å². The number of oxime groups is 1. The minimum Gasteiger partial charge on any atom is -0.460 e. The van der Waals surface area contributed by atoms with E-state index in [2.05, 4.69) is 37.6 Å². The average Bonchev–Trinajstić information content (AvgIpc) is 3.24. The van der Waals surface area contributed by atoms with Crippen molar-refractivity contribution < 1.29 is 37.7 Å². The number of aromatic nitrogens is 1. The number of ether oxygens (including phenoxy) is 3. The first-order valence-corrected chi connectivity index (χ1v) is 23.0. The van der Waals surface area contributed by atoms with Gasteiger partial charge < -0.3 is 29.3 Å². The molecule has 3 aromatic carbocycles. The van der Waals surface area contributed by atoms with Crippen LogP contribution in [0, 0.1) is 31.6 Å². The first-order valence-electron chi connectivity index (χ1n) is 21.6. The summed E-state index contributed by atoms with van der Waals surface area (Å²) in [4.78, 5) is 10.8. The standard InChI is InChI=1S/C49H61N3O8S/c1-8-27-57-49-44(52(7)61(55,56)43-19-13-16-34-17-14-24-50-47(34)43)31-41(51-60-48(4,5)6)39-29-35(15-9-11-25-53)38(18-10-12-26-54)45(46(39)49)40-30-37(22-23-42(40)59-49)58-36-21-20-32(2)33(3)28-36/h8,13-14,16-17,19-24,28-30,35,38,44-46,53-54H,1,9-12,15,18,25-27,31H2,2-7H3. The number of likely N-dealkylation sites (N-methyl/N-ethyl adjacent to an activating group) is 1. The number of para-hydroxylation sites is 1. The van der Waals surface area contributed by atoms with Crippen LogP contribution in [0.5, 0.6) is 17.2 Å². The van der Waals surface area contributed by atoms with E-state index in [4.69, 9.17) is 24.2 Å². The summed E-state index contributed by atoms with van der Waals surface area (Å²) in [5.74, 6) is -0.384. The number of fused-ring (bicyclic) bond motifs is 3. The van der Waals surface area contributed by atoms with E-state index in [1.165, 1.54) is 9.87 Å². The number of hydrogen-bond donors (Lipinski definition) is 2. The molecule has 3 aliphatic rings. The first kappa shape index (κ1) is 44.5. The van der Waals surface area contributed by atoms with E-state index in [-0.39, 0.29) is 48.9 Å². The van der Waals surface area contributed by atoms with Crippen LogP contribution < -0.4 is 9.47 Å². The Morgan fingerprint density at radius 1 is 0.967 bits per heavy atom. The zero-order valence-electron chi connectivity index (χ0n) is 36.3. The first-order chi connectivity index (χ1) is 29.2. The summed E-state index contributed by atoms with van der Waals surface area (Å²) in [7, 11) is -2.66. The Morgan fingerprint density at radius 3 is 2.41 bits per heavy atom. The van der Waals surface area contributed by atoms with Crippen LogP contribution in [0.25, 0.3) is 10.9 Å². The van der Waals surface area contributed by atoms with E-state index < -0.39 is 33.4 Å². The molecule has 2 N–H and O–H groups in total. The number of nitrogens with zero attached hydrogens (tertiary/aromatic N) is 3. The number of aryl methyl sites for hydroxylation is 2. The second-order valence-corrected chi connectivity index (χ2v) is 19.6. The lowest BCUT2D eigenvalue weighted by Gasteiger charge is -2.59. The molecule has 12 heteroatoms. The van der Waals surface area contributed by atoms with Crippen molar-refractivity contribution in [2.75, 3.05) is 26.9 Å². The van der Waals surface area contributed by atoms with Crippen molar-refractivity contribution in [1.82, 2.24) is 9.29 Å². The zero-order valence-corrected chi connectivity index (χ0v) is 37.2. The second-order valence-electron chi connectivity index (χ2n) is 17.7. The Labute approximate surface area is 361 Å². The number of allylic oxidation sites excluding steroid dienone is 1. The number of hydrogen-bond acceptors (Lipinski definition) is 10. The number of rotatable bonds is 17. The Balaban J connectivity index is 1.47. The van der Waals surface area contributed by atoms with E-state index in [9.17, 15) is 10.2 Å². The molecule has 11 nitrogen and oxygen atoms in total. The summed E-state index contributed by atoms with van der Waals surface area (Å²) in [6.45, 7) is 14.2. The van der Waals surface area contributed by atoms with Gasteiger partial charge in [-0.2, -0.15) is 4.31 Å². The van der Waals surface area contributed by atoms with Gasteiger partial charge in [0, 0.05) is 49.7 Å². The summed E-state index contributed by atoms with van der Waals surface area (Å²) in [6.07, 6.45) is 10.2. The van der Waals surface area contributed by atoms with Gasteiger partial charge in [0.25, 0.3) is 0 Å². The molecule has 0 amide bonds. The van der Waals surface area contributed by atoms with Crippen LogP contribution in [-0.2, 0) is 19.6 Å². The molecule has 4 aromatic rings. The molecule has 0 bridgehead atoms. The highest BCUT2D eigenvalue weighted by Crippen LogP contribution is 2.62. The minimum absolute atomic E-state index is 0.0120. The second kappa shape index (κ2) is 18.4. The molecule has 1 fully saturated rings. The van der Waals surface area contributed by atoms with Crippen LogP contribution in [0.4, 0.5) is 0 Å². The number of sulfonamides is 1. The number of aliphatic hydroxyl groups excluding tert-OH is 2. The topological polar surface area (TPSA) is 140 Å². The van der Waals surface area contributed by atoms with Crippen molar-refractivity contribution in [2.24, 2.45) is 22.9 Å². The average molecular weight is 852 g/mol. The van der Waals surface area contributed by atoms with Crippen molar-refractivity contribution in [3.8, 4) is 17.2 Å². The Kier molecular flexibility index (Phi) is 13.4. The lowest BCUT2D eigenvalue weighted by atomic mass is 9.55. The molecule has 0 spiro atoms. The Hall–Kier alpha value is -4.59. The smallest absolute Gasteiger partial charge is 0.245 e. The molecule has 326 valence electrons. The summed E-state index contributed by atoms with van der Waals surface area (Å²) in [5, 5.41) is 25.5. The third-order valence-corrected chi connectivity index (χ3v) is 14.4. The monoisotopic (exact) mass is 851 g/mol. The molecular weight excluding hydrogens is 791 g/mol. The van der Waals surface area contributed by atoms with Gasteiger partial charge in [0.2, 0.25) is 15.8 Å². The third-order valence-electron chi connectivity index (χ3n) is 12.5. The van der Waals surface area contributed by atoms with Crippen LogP contribution >= 0.6 is 0 Å². The normalized spacial score (nSPS) is 24.2. The van der Waals surface area contributed by atoms with Crippen molar-refractivity contribution in [3.05, 3.63) is 114 Å². The third kappa shape index (κ3) is 9.02. The molecule has 7 rings (SSSR count). The van der Waals surface area contributed by atoms with Crippen molar-refractivity contribution in [3.63, 3.8) is 0 Å². The van der Waals surface area contributed by atoms with Crippen molar-refractivity contribution >= 4 is 26.6 Å². The predicted molar refractivity (Wildman–Crippen MR) is 238 cm³/mol. The molecule has 2 heterocycles. The molecule has 0 saturated heterocycles. The lowest BCUT2D eigenvalue weighted by Crippen LogP contribution is -2.69. The molecule has 2 aliphatic carbocycles. The highest BCUT2D eigenvalue weighted by Gasteiger charge is 2.66. The molecule has 1 saturated carbocycles. The maximum Gasteiger partial charge on any atom is 0.245 e. The highest BCUT2D eigenvalue weighted by atomic mass is 32.2. The molecule has 61 heavy (non-hydrogen) atoms. The summed E-state index contributed by atoms with van der Waals surface area (Å²) < 4.78 is 52.6. The lowest BCUT2D eigenvalue weighted by molar-refractivity contribution is -0.250.